The number of aromatic nitrogens is 1. The second-order valence-corrected chi connectivity index (χ2v) is 8.36. The van der Waals surface area contributed by atoms with Crippen molar-refractivity contribution in [1.82, 2.24) is 15.2 Å². The molecule has 2 aromatic rings. The van der Waals surface area contributed by atoms with Gasteiger partial charge in [0, 0.05) is 31.2 Å². The molecule has 1 saturated heterocycles. The van der Waals surface area contributed by atoms with E-state index in [0.29, 0.717) is 18.1 Å². The third-order valence-corrected chi connectivity index (χ3v) is 6.87. The van der Waals surface area contributed by atoms with E-state index in [9.17, 15) is 0 Å². The maximum Gasteiger partial charge on any atom is 0.189 e. The quantitative estimate of drug-likeness (QED) is 0.904. The Bertz CT molecular complexity index is 808. The molecule has 1 aromatic heterocycles. The molecular formula is C18H24N4O2S. The minimum atomic E-state index is -0.109. The molecule has 4 atom stereocenters. The van der Waals surface area contributed by atoms with Crippen molar-refractivity contribution in [3.63, 3.8) is 0 Å². The Kier molecular flexibility index (Phi) is 3.67. The first-order chi connectivity index (χ1) is 12.2. The zero-order chi connectivity index (χ0) is 17.1. The molecular weight excluding hydrogens is 336 g/mol. The molecule has 1 N–H and O–H groups in total. The Morgan fingerprint density at radius 1 is 1.36 bits per heavy atom. The molecule has 0 amide bonds. The van der Waals surface area contributed by atoms with Crippen LogP contribution in [0.15, 0.2) is 12.1 Å². The minimum absolute atomic E-state index is 0.109. The van der Waals surface area contributed by atoms with Gasteiger partial charge in [-0.3, -0.25) is 5.32 Å². The lowest BCUT2D eigenvalue weighted by molar-refractivity contribution is 0.0837. The number of methoxy groups -OCH3 is 1. The van der Waals surface area contributed by atoms with Crippen molar-refractivity contribution < 1.29 is 9.47 Å². The first-order valence-electron chi connectivity index (χ1n) is 8.96. The van der Waals surface area contributed by atoms with Gasteiger partial charge in [-0.15, -0.1) is 0 Å². The number of benzene rings is 1. The van der Waals surface area contributed by atoms with E-state index in [1.807, 2.05) is 0 Å². The third kappa shape index (κ3) is 2.30. The first-order valence-corrected chi connectivity index (χ1v) is 9.78. The molecule has 2 aliphatic heterocycles. The molecule has 5 rings (SSSR count). The highest BCUT2D eigenvalue weighted by Gasteiger charge is 2.50. The number of fused-ring (bicyclic) bond motifs is 4. The van der Waals surface area contributed by atoms with E-state index in [1.54, 1.807) is 18.4 Å². The Morgan fingerprint density at radius 2 is 2.24 bits per heavy atom. The number of anilines is 1. The zero-order valence-corrected chi connectivity index (χ0v) is 15.7. The summed E-state index contributed by atoms with van der Waals surface area (Å²) in [5.74, 6) is 0.997. The third-order valence-electron chi connectivity index (χ3n) is 5.84. The lowest BCUT2D eigenvalue weighted by Gasteiger charge is -2.34. The number of ether oxygens (including phenoxy) is 2. The van der Waals surface area contributed by atoms with Crippen LogP contribution < -0.4 is 15.0 Å². The van der Waals surface area contributed by atoms with E-state index < -0.39 is 0 Å². The monoisotopic (exact) mass is 360 g/mol. The van der Waals surface area contributed by atoms with Crippen LogP contribution in [0.3, 0.4) is 0 Å². The minimum Gasteiger partial charge on any atom is -0.493 e. The summed E-state index contributed by atoms with van der Waals surface area (Å²) in [6, 6.07) is 5.59. The Labute approximate surface area is 151 Å². The molecule has 134 valence electrons. The first kappa shape index (κ1) is 15.8. The summed E-state index contributed by atoms with van der Waals surface area (Å²) in [4.78, 5) is 9.76. The smallest absolute Gasteiger partial charge is 0.189 e. The molecule has 25 heavy (non-hydrogen) atoms. The maximum absolute atomic E-state index is 5.77. The fraction of sp³-hybridized carbons (Fsp3) is 0.611. The van der Waals surface area contributed by atoms with Crippen molar-refractivity contribution in [2.45, 2.75) is 43.7 Å². The summed E-state index contributed by atoms with van der Waals surface area (Å²) >= 11 is 1.76. The van der Waals surface area contributed by atoms with Gasteiger partial charge in [0.05, 0.1) is 22.9 Å². The van der Waals surface area contributed by atoms with E-state index >= 15 is 0 Å². The number of hydrogen-bond acceptors (Lipinski definition) is 7. The maximum atomic E-state index is 5.77. The summed E-state index contributed by atoms with van der Waals surface area (Å²) in [5, 5.41) is 4.70. The Balaban J connectivity index is 1.59. The number of hydrogen-bond donors (Lipinski definition) is 1. The highest BCUT2D eigenvalue weighted by atomic mass is 32.1. The molecule has 0 bridgehead atoms. The molecule has 6 nitrogen and oxygen atoms in total. The van der Waals surface area contributed by atoms with Crippen molar-refractivity contribution in [2.75, 3.05) is 32.7 Å². The van der Waals surface area contributed by atoms with Crippen LogP contribution >= 0.6 is 11.3 Å². The van der Waals surface area contributed by atoms with Crippen LogP contribution in [0.4, 0.5) is 5.13 Å². The predicted molar refractivity (Wildman–Crippen MR) is 99.5 cm³/mol. The summed E-state index contributed by atoms with van der Waals surface area (Å²) in [5.41, 5.74) is 2.36. The molecule has 0 radical (unpaired) electrons. The van der Waals surface area contributed by atoms with Gasteiger partial charge >= 0.3 is 0 Å². The van der Waals surface area contributed by atoms with Crippen LogP contribution in [0, 0.1) is 0 Å². The zero-order valence-electron chi connectivity index (χ0n) is 14.9. The summed E-state index contributed by atoms with van der Waals surface area (Å²) in [6.07, 6.45) is 3.23. The predicted octanol–water partition coefficient (Wildman–Crippen LogP) is 2.03. The molecule has 7 heteroatoms. The second-order valence-electron chi connectivity index (χ2n) is 7.35. The average molecular weight is 360 g/mol. The van der Waals surface area contributed by atoms with Crippen LogP contribution in [-0.4, -0.2) is 62.2 Å². The van der Waals surface area contributed by atoms with Crippen LogP contribution in [0.5, 0.6) is 5.75 Å². The van der Waals surface area contributed by atoms with Gasteiger partial charge in [-0.2, -0.15) is 0 Å². The lowest BCUT2D eigenvalue weighted by Crippen LogP contribution is -2.49. The number of likely N-dealkylation sites (N-methyl/N-ethyl adjacent to an activating group) is 1. The van der Waals surface area contributed by atoms with Gasteiger partial charge in [0.15, 0.2) is 11.5 Å². The second kappa shape index (κ2) is 5.81. The van der Waals surface area contributed by atoms with Crippen LogP contribution in [0.1, 0.15) is 18.4 Å². The van der Waals surface area contributed by atoms with Gasteiger partial charge in [-0.25, -0.2) is 4.98 Å². The van der Waals surface area contributed by atoms with E-state index in [-0.39, 0.29) is 6.35 Å². The van der Waals surface area contributed by atoms with Crippen LogP contribution in [-0.2, 0) is 11.2 Å². The topological polar surface area (TPSA) is 49.9 Å². The van der Waals surface area contributed by atoms with Gasteiger partial charge in [0.1, 0.15) is 5.75 Å². The molecule has 1 unspecified atom stereocenters. The van der Waals surface area contributed by atoms with E-state index in [1.165, 1.54) is 23.1 Å². The number of thiazole rings is 1. The summed E-state index contributed by atoms with van der Waals surface area (Å²) in [6.45, 7) is 0.765. The normalized spacial score (nSPS) is 31.0. The molecule has 3 aliphatic rings. The van der Waals surface area contributed by atoms with Crippen molar-refractivity contribution >= 4 is 26.7 Å². The van der Waals surface area contributed by atoms with Crippen molar-refractivity contribution in [1.29, 1.82) is 0 Å². The fourth-order valence-electron chi connectivity index (χ4n) is 4.68. The summed E-state index contributed by atoms with van der Waals surface area (Å²) in [7, 11) is 6.12. The standard InChI is InChI=1S/C18H24N4O2S/c1-21(2)12-5-4-11-16(12)22(17(19-11)23-3)18-20-15-10-8-9-24-13(10)6-7-14(15)25-18/h6-7,11-12,16-17,19H,4-5,8-9H2,1-3H3/t11-,12-,16-,17?/m0/s1. The van der Waals surface area contributed by atoms with Crippen molar-refractivity contribution in [3.8, 4) is 5.75 Å². The molecule has 1 aromatic carbocycles. The molecule has 2 fully saturated rings. The van der Waals surface area contributed by atoms with E-state index in [2.05, 4.69) is 41.3 Å². The van der Waals surface area contributed by atoms with Crippen molar-refractivity contribution in [2.24, 2.45) is 0 Å². The number of nitrogens with one attached hydrogen (secondary N) is 1. The highest BCUT2D eigenvalue weighted by Crippen LogP contribution is 2.42. The van der Waals surface area contributed by atoms with Crippen molar-refractivity contribution in [3.05, 3.63) is 17.7 Å². The van der Waals surface area contributed by atoms with Gasteiger partial charge < -0.3 is 19.3 Å². The van der Waals surface area contributed by atoms with Gasteiger partial charge in [0.25, 0.3) is 0 Å². The number of rotatable bonds is 3. The molecule has 1 saturated carbocycles. The Hall–Kier alpha value is -1.41. The SMILES string of the molecule is COC1N[C@H]2CC[C@H](N(C)C)[C@H]2N1c1nc2c3c(ccc2s1)OCC3. The highest BCUT2D eigenvalue weighted by molar-refractivity contribution is 7.22. The average Bonchev–Trinajstić information content (AvgIpc) is 3.33. The fourth-order valence-corrected chi connectivity index (χ4v) is 5.74. The Morgan fingerprint density at radius 3 is 3.04 bits per heavy atom. The largest absolute Gasteiger partial charge is 0.493 e. The van der Waals surface area contributed by atoms with Gasteiger partial charge in [0.2, 0.25) is 0 Å². The van der Waals surface area contributed by atoms with Crippen LogP contribution in [0.2, 0.25) is 0 Å². The van der Waals surface area contributed by atoms with Gasteiger partial charge in [-0.05, 0) is 39.1 Å². The summed E-state index contributed by atoms with van der Waals surface area (Å²) < 4.78 is 12.7. The molecule has 0 spiro atoms. The van der Waals surface area contributed by atoms with E-state index in [4.69, 9.17) is 14.5 Å². The lowest BCUT2D eigenvalue weighted by atomic mass is 10.1. The number of nitrogens with zero attached hydrogens (tertiary/aromatic N) is 3. The molecule has 3 heterocycles. The van der Waals surface area contributed by atoms with Crippen LogP contribution in [0.25, 0.3) is 10.2 Å². The van der Waals surface area contributed by atoms with E-state index in [0.717, 1.165) is 29.4 Å². The molecule has 1 aliphatic carbocycles. The van der Waals surface area contributed by atoms with Gasteiger partial charge in [-0.1, -0.05) is 11.3 Å².